The molecule has 21 heavy (non-hydrogen) atoms. The van der Waals surface area contributed by atoms with Gasteiger partial charge in [0.15, 0.2) is 5.82 Å². The summed E-state index contributed by atoms with van der Waals surface area (Å²) in [5.74, 6) is 0.0424. The molecule has 1 N–H and O–H groups in total. The van der Waals surface area contributed by atoms with Gasteiger partial charge in [-0.25, -0.2) is 4.98 Å². The highest BCUT2D eigenvalue weighted by molar-refractivity contribution is 6.02. The molecule has 0 spiro atoms. The number of imidazole rings is 1. The summed E-state index contributed by atoms with van der Waals surface area (Å²) in [6, 6.07) is 8.98. The molecule has 7 heteroatoms. The largest absolute Gasteiger partial charge is 0.340 e. The number of carbonyl (C=O) groups is 1. The van der Waals surface area contributed by atoms with Crippen molar-refractivity contribution < 1.29 is 4.79 Å². The Kier molecular flexibility index (Phi) is 3.38. The van der Waals surface area contributed by atoms with E-state index in [1.165, 1.54) is 0 Å². The van der Waals surface area contributed by atoms with Crippen molar-refractivity contribution in [3.63, 3.8) is 0 Å². The molecule has 0 aliphatic rings. The number of carbonyl (C=O) groups excluding carboxylic acids is 1. The maximum Gasteiger partial charge on any atom is 0.277 e. The molecule has 0 fully saturated rings. The molecule has 0 aromatic carbocycles. The van der Waals surface area contributed by atoms with Gasteiger partial charge in [-0.05, 0) is 24.3 Å². The average Bonchev–Trinajstić information content (AvgIpc) is 2.96. The lowest BCUT2D eigenvalue weighted by molar-refractivity contribution is 0.102. The van der Waals surface area contributed by atoms with Crippen LogP contribution in [0.4, 0.5) is 5.82 Å². The fourth-order valence-corrected chi connectivity index (χ4v) is 1.76. The Bertz CT molecular complexity index is 751. The Morgan fingerprint density at radius 3 is 2.62 bits per heavy atom. The Balaban J connectivity index is 1.74. The topological polar surface area (TPSA) is 85.6 Å². The molecule has 7 nitrogen and oxygen atoms in total. The van der Waals surface area contributed by atoms with Gasteiger partial charge in [0.05, 0.1) is 12.0 Å². The molecule has 1 amide bonds. The predicted molar refractivity (Wildman–Crippen MR) is 76.4 cm³/mol. The SMILES string of the molecule is Cn1cnc(C(=O)Nc2ccc(-c3ccccn3)nn2)c1. The minimum Gasteiger partial charge on any atom is -0.340 e. The molecule has 3 aromatic rings. The first-order valence-corrected chi connectivity index (χ1v) is 6.27. The van der Waals surface area contributed by atoms with Crippen LogP contribution in [0, 0.1) is 0 Å². The second-order valence-corrected chi connectivity index (χ2v) is 4.40. The summed E-state index contributed by atoms with van der Waals surface area (Å²) in [7, 11) is 1.80. The molecule has 0 aliphatic heterocycles. The van der Waals surface area contributed by atoms with Gasteiger partial charge in [0.1, 0.15) is 11.4 Å². The fourth-order valence-electron chi connectivity index (χ4n) is 1.76. The number of hydrogen-bond donors (Lipinski definition) is 1. The van der Waals surface area contributed by atoms with Gasteiger partial charge in [-0.2, -0.15) is 0 Å². The highest BCUT2D eigenvalue weighted by atomic mass is 16.2. The van der Waals surface area contributed by atoms with Crippen LogP contribution in [0.5, 0.6) is 0 Å². The van der Waals surface area contributed by atoms with E-state index in [4.69, 9.17) is 0 Å². The third kappa shape index (κ3) is 2.92. The Labute approximate surface area is 120 Å². The van der Waals surface area contributed by atoms with E-state index in [0.29, 0.717) is 17.2 Å². The van der Waals surface area contributed by atoms with Crippen molar-refractivity contribution in [1.82, 2.24) is 24.7 Å². The van der Waals surface area contributed by atoms with Gasteiger partial charge in [0, 0.05) is 19.4 Å². The zero-order valence-corrected chi connectivity index (χ0v) is 11.3. The van der Waals surface area contributed by atoms with Crippen molar-refractivity contribution in [1.29, 1.82) is 0 Å². The quantitative estimate of drug-likeness (QED) is 0.786. The van der Waals surface area contributed by atoms with E-state index in [2.05, 4.69) is 25.5 Å². The number of pyridine rings is 1. The first-order chi connectivity index (χ1) is 10.2. The maximum atomic E-state index is 11.9. The van der Waals surface area contributed by atoms with E-state index in [-0.39, 0.29) is 5.91 Å². The first-order valence-electron chi connectivity index (χ1n) is 6.27. The van der Waals surface area contributed by atoms with E-state index >= 15 is 0 Å². The molecule has 0 unspecified atom stereocenters. The van der Waals surface area contributed by atoms with Gasteiger partial charge in [-0.1, -0.05) is 6.07 Å². The Morgan fingerprint density at radius 1 is 1.10 bits per heavy atom. The standard InChI is InChI=1S/C14H12N6O/c1-20-8-12(16-9-20)14(21)17-13-6-5-11(18-19-13)10-4-2-3-7-15-10/h2-9H,1H3,(H,17,19,21). The van der Waals surface area contributed by atoms with Gasteiger partial charge in [-0.15, -0.1) is 10.2 Å². The third-order valence-electron chi connectivity index (χ3n) is 2.77. The molecular weight excluding hydrogens is 268 g/mol. The molecular formula is C14H12N6O. The summed E-state index contributed by atoms with van der Waals surface area (Å²) < 4.78 is 1.70. The lowest BCUT2D eigenvalue weighted by Gasteiger charge is -2.02. The lowest BCUT2D eigenvalue weighted by Crippen LogP contribution is -2.13. The minimum absolute atomic E-state index is 0.324. The van der Waals surface area contributed by atoms with Crippen molar-refractivity contribution in [3.8, 4) is 11.4 Å². The summed E-state index contributed by atoms with van der Waals surface area (Å²) >= 11 is 0. The first kappa shape index (κ1) is 12.9. The molecule has 104 valence electrons. The number of anilines is 1. The number of aryl methyl sites for hydroxylation is 1. The van der Waals surface area contributed by atoms with Crippen LogP contribution >= 0.6 is 0 Å². The monoisotopic (exact) mass is 280 g/mol. The molecule has 0 saturated heterocycles. The summed E-state index contributed by atoms with van der Waals surface area (Å²) in [4.78, 5) is 20.1. The van der Waals surface area contributed by atoms with Crippen molar-refractivity contribution in [2.75, 3.05) is 5.32 Å². The maximum absolute atomic E-state index is 11.9. The van der Waals surface area contributed by atoms with Crippen LogP contribution in [-0.2, 0) is 7.05 Å². The van der Waals surface area contributed by atoms with E-state index < -0.39 is 0 Å². The normalized spacial score (nSPS) is 10.3. The lowest BCUT2D eigenvalue weighted by atomic mass is 10.2. The molecule has 0 bridgehead atoms. The summed E-state index contributed by atoms with van der Waals surface area (Å²) in [5.41, 5.74) is 1.70. The predicted octanol–water partition coefficient (Wildman–Crippen LogP) is 1.52. The summed E-state index contributed by atoms with van der Waals surface area (Å²) in [5, 5.41) is 10.7. The number of hydrogen-bond acceptors (Lipinski definition) is 5. The van der Waals surface area contributed by atoms with Crippen molar-refractivity contribution in [3.05, 3.63) is 54.7 Å². The van der Waals surface area contributed by atoms with Crippen LogP contribution in [0.3, 0.4) is 0 Å². The van der Waals surface area contributed by atoms with Crippen molar-refractivity contribution >= 4 is 11.7 Å². The summed E-state index contributed by atoms with van der Waals surface area (Å²) in [6.07, 6.45) is 4.88. The number of nitrogens with zero attached hydrogens (tertiary/aromatic N) is 5. The van der Waals surface area contributed by atoms with Gasteiger partial charge in [0.2, 0.25) is 0 Å². The zero-order valence-electron chi connectivity index (χ0n) is 11.3. The zero-order chi connectivity index (χ0) is 14.7. The highest BCUT2D eigenvalue weighted by Crippen LogP contribution is 2.13. The van der Waals surface area contributed by atoms with E-state index in [1.54, 1.807) is 42.5 Å². The van der Waals surface area contributed by atoms with Gasteiger partial charge < -0.3 is 9.88 Å². The van der Waals surface area contributed by atoms with Crippen molar-refractivity contribution in [2.24, 2.45) is 7.05 Å². The van der Waals surface area contributed by atoms with E-state index in [9.17, 15) is 4.79 Å². The van der Waals surface area contributed by atoms with Crippen LogP contribution in [0.15, 0.2) is 49.1 Å². The molecule has 0 saturated carbocycles. The van der Waals surface area contributed by atoms with Crippen LogP contribution < -0.4 is 5.32 Å². The number of nitrogens with one attached hydrogen (secondary N) is 1. The van der Waals surface area contributed by atoms with Gasteiger partial charge in [-0.3, -0.25) is 9.78 Å². The minimum atomic E-state index is -0.324. The van der Waals surface area contributed by atoms with Crippen LogP contribution in [0.1, 0.15) is 10.5 Å². The summed E-state index contributed by atoms with van der Waals surface area (Å²) in [6.45, 7) is 0. The van der Waals surface area contributed by atoms with Crippen LogP contribution in [-0.4, -0.2) is 30.6 Å². The highest BCUT2D eigenvalue weighted by Gasteiger charge is 2.10. The molecule has 3 rings (SSSR count). The molecule has 0 aliphatic carbocycles. The fraction of sp³-hybridized carbons (Fsp3) is 0.0714. The van der Waals surface area contributed by atoms with E-state index in [0.717, 1.165) is 5.69 Å². The molecule has 0 radical (unpaired) electrons. The number of aromatic nitrogens is 5. The number of rotatable bonds is 3. The Morgan fingerprint density at radius 2 is 2.00 bits per heavy atom. The third-order valence-corrected chi connectivity index (χ3v) is 2.77. The second kappa shape index (κ2) is 5.49. The smallest absolute Gasteiger partial charge is 0.277 e. The average molecular weight is 280 g/mol. The van der Waals surface area contributed by atoms with Crippen LogP contribution in [0.2, 0.25) is 0 Å². The second-order valence-electron chi connectivity index (χ2n) is 4.40. The Hall–Kier alpha value is -3.09. The molecule has 0 atom stereocenters. The van der Waals surface area contributed by atoms with E-state index in [1.807, 2.05) is 18.2 Å². The van der Waals surface area contributed by atoms with Gasteiger partial charge in [0.25, 0.3) is 5.91 Å². The van der Waals surface area contributed by atoms with Crippen molar-refractivity contribution in [2.45, 2.75) is 0 Å². The van der Waals surface area contributed by atoms with Crippen LogP contribution in [0.25, 0.3) is 11.4 Å². The number of amides is 1. The molecule has 3 aromatic heterocycles. The molecule has 3 heterocycles. The van der Waals surface area contributed by atoms with Gasteiger partial charge >= 0.3 is 0 Å².